The number of halogens is 1. The molecule has 2 aromatic carbocycles. The number of aliphatic carboxylic acids is 1. The molecule has 218 valence electrons. The van der Waals surface area contributed by atoms with Gasteiger partial charge in [0, 0.05) is 36.4 Å². The second-order valence-corrected chi connectivity index (χ2v) is 12.5. The van der Waals surface area contributed by atoms with Gasteiger partial charge in [0.15, 0.2) is 17.2 Å². The number of sulfonamides is 1. The summed E-state index contributed by atoms with van der Waals surface area (Å²) in [7, 11) is -2.56. The van der Waals surface area contributed by atoms with Crippen LogP contribution in [0.5, 0.6) is 5.75 Å². The van der Waals surface area contributed by atoms with Crippen molar-refractivity contribution in [2.24, 2.45) is 0 Å². The summed E-state index contributed by atoms with van der Waals surface area (Å²) in [6.45, 7) is -0.175. The molecule has 1 aromatic heterocycles. The van der Waals surface area contributed by atoms with Crippen molar-refractivity contribution in [3.63, 3.8) is 0 Å². The third-order valence-corrected chi connectivity index (χ3v) is 9.89. The summed E-state index contributed by atoms with van der Waals surface area (Å²) in [6.07, 6.45) is 1.03. The predicted octanol–water partition coefficient (Wildman–Crippen LogP) is 4.63. The van der Waals surface area contributed by atoms with Gasteiger partial charge in [-0.1, -0.05) is 41.9 Å². The molecule has 0 atom stereocenters. The molecule has 12 nitrogen and oxygen atoms in total. The number of nitro groups is 1. The molecule has 2 heterocycles. The van der Waals surface area contributed by atoms with E-state index in [1.807, 2.05) is 12.1 Å². The van der Waals surface area contributed by atoms with Crippen LogP contribution >= 0.6 is 22.9 Å². The van der Waals surface area contributed by atoms with Crippen LogP contribution in [0.2, 0.25) is 5.02 Å². The lowest BCUT2D eigenvalue weighted by atomic mass is 10.1. The van der Waals surface area contributed by atoms with E-state index >= 15 is 0 Å². The molecule has 2 N–H and O–H groups in total. The number of nitrogens with zero attached hydrogens (tertiary/aromatic N) is 2. The Kier molecular flexibility index (Phi) is 9.48. The van der Waals surface area contributed by atoms with Crippen molar-refractivity contribution in [2.75, 3.05) is 32.1 Å². The van der Waals surface area contributed by atoms with E-state index < -0.39 is 39.2 Å². The Bertz CT molecular complexity index is 1570. The molecule has 4 rings (SSSR count). The normalized spacial score (nSPS) is 14.4. The van der Waals surface area contributed by atoms with Crippen LogP contribution in [0.1, 0.15) is 28.1 Å². The van der Waals surface area contributed by atoms with Crippen molar-refractivity contribution < 1.29 is 37.5 Å². The average molecular weight is 624 g/mol. The Morgan fingerprint density at radius 1 is 1.20 bits per heavy atom. The molecule has 0 radical (unpaired) electrons. The van der Waals surface area contributed by atoms with Gasteiger partial charge in [0.05, 0.1) is 22.7 Å². The van der Waals surface area contributed by atoms with Gasteiger partial charge < -0.3 is 19.9 Å². The smallest absolute Gasteiger partial charge is 0.351 e. The molecule has 0 unspecified atom stereocenters. The number of carboxylic acid groups (broad SMARTS) is 1. The number of carbonyl (C=O) groups excluding carboxylic acids is 1. The van der Waals surface area contributed by atoms with Gasteiger partial charge in [-0.3, -0.25) is 10.1 Å². The van der Waals surface area contributed by atoms with Crippen LogP contribution in [0, 0.1) is 10.1 Å². The Labute approximate surface area is 244 Å². The Morgan fingerprint density at radius 3 is 2.56 bits per heavy atom. The monoisotopic (exact) mass is 623 g/mol. The Hall–Kier alpha value is -3.72. The molecule has 3 aromatic rings. The molecular formula is C26H26ClN3O9S2. The fraction of sp³-hybridized carbons (Fsp3) is 0.308. The van der Waals surface area contributed by atoms with Crippen LogP contribution in [0.25, 0.3) is 10.4 Å². The highest BCUT2D eigenvalue weighted by atomic mass is 35.5. The van der Waals surface area contributed by atoms with Crippen LogP contribution < -0.4 is 10.1 Å². The zero-order chi connectivity index (χ0) is 29.7. The first-order valence-corrected chi connectivity index (χ1v) is 15.1. The van der Waals surface area contributed by atoms with Gasteiger partial charge in [0.2, 0.25) is 10.0 Å². The molecular weight excluding hydrogens is 598 g/mol. The van der Waals surface area contributed by atoms with Gasteiger partial charge in [0.25, 0.3) is 5.69 Å². The standard InChI is InChI=1S/C26H26ClN3O9S2/c1-38-26(33)25-23(39-14-21(31)32)22(27)24(40-25)16-6-4-7-19(13-16)28-18-9-11-29(12-10-18)41(36,37)15-17-5-2-3-8-20(17)30(34)35/h2-8,13,18,28H,9-12,14-15H2,1H3,(H,31,32). The molecule has 1 saturated heterocycles. The number of para-hydroxylation sites is 1. The number of methoxy groups -OCH3 is 1. The van der Waals surface area contributed by atoms with E-state index in [9.17, 15) is 28.1 Å². The molecule has 1 aliphatic heterocycles. The summed E-state index contributed by atoms with van der Waals surface area (Å²) in [5.41, 5.74) is 1.32. The third kappa shape index (κ3) is 7.14. The number of carboxylic acids is 1. The van der Waals surface area contributed by atoms with Crippen molar-refractivity contribution in [2.45, 2.75) is 24.6 Å². The van der Waals surface area contributed by atoms with Gasteiger partial charge >= 0.3 is 11.9 Å². The number of anilines is 1. The minimum absolute atomic E-state index is 0.0401. The maximum Gasteiger partial charge on any atom is 0.351 e. The van der Waals surface area contributed by atoms with E-state index in [2.05, 4.69) is 5.32 Å². The molecule has 0 amide bonds. The summed E-state index contributed by atoms with van der Waals surface area (Å²) in [4.78, 5) is 34.5. The summed E-state index contributed by atoms with van der Waals surface area (Å²) >= 11 is 7.52. The number of piperidine rings is 1. The van der Waals surface area contributed by atoms with Crippen molar-refractivity contribution in [1.29, 1.82) is 0 Å². The number of hydrogen-bond donors (Lipinski definition) is 2. The number of nitro benzene ring substituents is 1. The summed E-state index contributed by atoms with van der Waals surface area (Å²) in [5, 5.41) is 23.8. The first-order valence-electron chi connectivity index (χ1n) is 12.3. The van der Waals surface area contributed by atoms with Gasteiger partial charge in [-0.25, -0.2) is 22.3 Å². The fourth-order valence-corrected chi connectivity index (χ4v) is 7.50. The molecule has 0 bridgehead atoms. The highest BCUT2D eigenvalue weighted by Gasteiger charge is 2.30. The van der Waals surface area contributed by atoms with Crippen LogP contribution in [0.3, 0.4) is 0 Å². The third-order valence-electron chi connectivity index (χ3n) is 6.39. The van der Waals surface area contributed by atoms with E-state index in [0.717, 1.165) is 17.0 Å². The minimum Gasteiger partial charge on any atom is -0.479 e. The number of esters is 1. The van der Waals surface area contributed by atoms with E-state index in [-0.39, 0.29) is 46.0 Å². The van der Waals surface area contributed by atoms with E-state index in [1.165, 1.54) is 29.6 Å². The number of nitrogens with one attached hydrogen (secondary N) is 1. The maximum absolute atomic E-state index is 13.0. The van der Waals surface area contributed by atoms with E-state index in [1.54, 1.807) is 18.2 Å². The topological polar surface area (TPSA) is 165 Å². The SMILES string of the molecule is COC(=O)c1sc(-c2cccc(NC3CCN(S(=O)(=O)Cc4ccccc4[N+](=O)[O-])CC3)c2)c(Cl)c1OCC(=O)O. The molecule has 15 heteroatoms. The molecule has 0 aliphatic carbocycles. The lowest BCUT2D eigenvalue weighted by Crippen LogP contribution is -2.42. The summed E-state index contributed by atoms with van der Waals surface area (Å²) in [5.74, 6) is -2.44. The van der Waals surface area contributed by atoms with Crippen molar-refractivity contribution in [3.05, 3.63) is 74.1 Å². The summed E-state index contributed by atoms with van der Waals surface area (Å²) in [6, 6.07) is 13.0. The van der Waals surface area contributed by atoms with Crippen molar-refractivity contribution >= 4 is 56.3 Å². The Balaban J connectivity index is 1.44. The zero-order valence-electron chi connectivity index (χ0n) is 21.7. The fourth-order valence-electron chi connectivity index (χ4n) is 4.43. The van der Waals surface area contributed by atoms with Crippen LogP contribution in [-0.2, 0) is 25.3 Å². The van der Waals surface area contributed by atoms with E-state index in [4.69, 9.17) is 26.2 Å². The second-order valence-electron chi connectivity index (χ2n) is 9.12. The minimum atomic E-state index is -3.76. The number of ether oxygens (including phenoxy) is 2. The highest BCUT2D eigenvalue weighted by Crippen LogP contribution is 2.46. The number of thiophene rings is 1. The average Bonchev–Trinajstić information content (AvgIpc) is 3.27. The second kappa shape index (κ2) is 12.9. The molecule has 1 fully saturated rings. The van der Waals surface area contributed by atoms with E-state index in [0.29, 0.717) is 23.3 Å². The number of carbonyl (C=O) groups is 2. The van der Waals surface area contributed by atoms with Crippen LogP contribution in [-0.4, -0.2) is 67.5 Å². The number of rotatable bonds is 11. The molecule has 41 heavy (non-hydrogen) atoms. The highest BCUT2D eigenvalue weighted by molar-refractivity contribution is 7.88. The van der Waals surface area contributed by atoms with Crippen molar-refractivity contribution in [1.82, 2.24) is 4.31 Å². The molecule has 0 spiro atoms. The Morgan fingerprint density at radius 2 is 1.90 bits per heavy atom. The molecule has 1 aliphatic rings. The summed E-state index contributed by atoms with van der Waals surface area (Å²) < 4.78 is 37.4. The van der Waals surface area contributed by atoms with Gasteiger partial charge in [-0.05, 0) is 30.5 Å². The maximum atomic E-state index is 13.0. The van der Waals surface area contributed by atoms with Gasteiger partial charge in [-0.2, -0.15) is 0 Å². The number of benzene rings is 2. The van der Waals surface area contributed by atoms with Crippen LogP contribution in [0.4, 0.5) is 11.4 Å². The first kappa shape index (κ1) is 30.2. The quantitative estimate of drug-likeness (QED) is 0.175. The van der Waals surface area contributed by atoms with Crippen LogP contribution in [0.15, 0.2) is 48.5 Å². The molecule has 0 saturated carbocycles. The number of hydrogen-bond acceptors (Lipinski definition) is 10. The van der Waals surface area contributed by atoms with Crippen molar-refractivity contribution in [3.8, 4) is 16.2 Å². The first-order chi connectivity index (χ1) is 19.5. The largest absolute Gasteiger partial charge is 0.479 e. The predicted molar refractivity (Wildman–Crippen MR) is 153 cm³/mol. The van der Waals surface area contributed by atoms with Gasteiger partial charge in [-0.15, -0.1) is 11.3 Å². The lowest BCUT2D eigenvalue weighted by molar-refractivity contribution is -0.385. The zero-order valence-corrected chi connectivity index (χ0v) is 24.1. The van der Waals surface area contributed by atoms with Gasteiger partial charge in [0.1, 0.15) is 5.02 Å². The lowest BCUT2D eigenvalue weighted by Gasteiger charge is -2.32.